The average molecular weight is 186 g/mol. The van der Waals surface area contributed by atoms with Crippen LogP contribution in [0.3, 0.4) is 0 Å². The Morgan fingerprint density at radius 3 is 2.25 bits per heavy atom. The first-order chi connectivity index (χ1) is 3.34. The van der Waals surface area contributed by atoms with E-state index in [4.69, 9.17) is 0 Å². The molecule has 1 heterocycles. The summed E-state index contributed by atoms with van der Waals surface area (Å²) in [6.07, 6.45) is 1.03. The van der Waals surface area contributed by atoms with E-state index in [1.165, 1.54) is 0 Å². The molecule has 2 unspecified atom stereocenters. The van der Waals surface area contributed by atoms with Crippen LogP contribution < -0.4 is 5.32 Å². The molecule has 1 aliphatic heterocycles. The van der Waals surface area contributed by atoms with E-state index < -0.39 is 0 Å². The van der Waals surface area contributed by atoms with Crippen LogP contribution in [0.15, 0.2) is 0 Å². The molecule has 1 fully saturated rings. The average Bonchev–Trinajstić information content (AvgIpc) is 1.65. The molecule has 8 heavy (non-hydrogen) atoms. The Balaban J connectivity index is 0.000000490. The fourth-order valence-corrected chi connectivity index (χ4v) is 0.754. The van der Waals surface area contributed by atoms with Crippen LogP contribution in [0.2, 0.25) is 0 Å². The van der Waals surface area contributed by atoms with Gasteiger partial charge in [0, 0.05) is 32.7 Å². The third-order valence-corrected chi connectivity index (χ3v) is 1.58. The Morgan fingerprint density at radius 1 is 1.62 bits per heavy atom. The standard InChI is InChI=1S/C6H11N.Y/c1-3-6-4-7-5(6)2;/h5-7H,1-4H2;/q-2;. The molecule has 1 aliphatic rings. The summed E-state index contributed by atoms with van der Waals surface area (Å²) in [6, 6.07) is 0.484. The summed E-state index contributed by atoms with van der Waals surface area (Å²) in [5.74, 6) is 0.750. The van der Waals surface area contributed by atoms with Crippen molar-refractivity contribution >= 4 is 0 Å². The van der Waals surface area contributed by atoms with Crippen molar-refractivity contribution in [3.05, 3.63) is 13.8 Å². The summed E-state index contributed by atoms with van der Waals surface area (Å²) < 4.78 is 0. The molecular weight excluding hydrogens is 175 g/mol. The minimum atomic E-state index is 0. The maximum absolute atomic E-state index is 3.84. The van der Waals surface area contributed by atoms with Gasteiger partial charge in [0.1, 0.15) is 0 Å². The summed E-state index contributed by atoms with van der Waals surface area (Å²) in [5, 5.41) is 3.16. The zero-order valence-corrected chi connectivity index (χ0v) is 7.90. The van der Waals surface area contributed by atoms with Gasteiger partial charge in [-0.25, -0.2) is 0 Å². The fraction of sp³-hybridized carbons (Fsp3) is 0.667. The van der Waals surface area contributed by atoms with Crippen molar-refractivity contribution in [3.8, 4) is 0 Å². The Kier molecular flexibility index (Phi) is 4.50. The summed E-state index contributed by atoms with van der Waals surface area (Å²) in [4.78, 5) is 0. The number of nitrogens with one attached hydrogen (secondary N) is 1. The van der Waals surface area contributed by atoms with E-state index >= 15 is 0 Å². The van der Waals surface area contributed by atoms with Crippen molar-refractivity contribution < 1.29 is 32.7 Å². The quantitative estimate of drug-likeness (QED) is 0.592. The van der Waals surface area contributed by atoms with Crippen molar-refractivity contribution in [2.75, 3.05) is 6.54 Å². The van der Waals surface area contributed by atoms with Crippen LogP contribution in [0.5, 0.6) is 0 Å². The largest absolute Gasteiger partial charge is 0.343 e. The molecule has 1 saturated heterocycles. The van der Waals surface area contributed by atoms with Gasteiger partial charge < -0.3 is 19.2 Å². The summed E-state index contributed by atoms with van der Waals surface area (Å²) in [5.41, 5.74) is 0. The van der Waals surface area contributed by atoms with Gasteiger partial charge in [0.05, 0.1) is 0 Å². The number of rotatable bonds is 1. The second-order valence-electron chi connectivity index (χ2n) is 2.06. The van der Waals surface area contributed by atoms with E-state index in [1.807, 2.05) is 0 Å². The third kappa shape index (κ3) is 1.78. The van der Waals surface area contributed by atoms with E-state index in [0.29, 0.717) is 6.04 Å². The van der Waals surface area contributed by atoms with E-state index in [0.717, 1.165) is 18.9 Å². The van der Waals surface area contributed by atoms with E-state index in [9.17, 15) is 0 Å². The SMILES string of the molecule is [CH2-]CC1CNC1[CH2-].[Y]. The Labute approximate surface area is 76.5 Å². The van der Waals surface area contributed by atoms with Crippen molar-refractivity contribution in [2.45, 2.75) is 12.5 Å². The molecule has 0 saturated carbocycles. The zero-order chi connectivity index (χ0) is 5.28. The van der Waals surface area contributed by atoms with Crippen LogP contribution in [-0.4, -0.2) is 12.6 Å². The molecule has 1 rings (SSSR count). The van der Waals surface area contributed by atoms with Crippen molar-refractivity contribution in [1.29, 1.82) is 0 Å². The topological polar surface area (TPSA) is 12.0 Å². The first kappa shape index (κ1) is 9.06. The zero-order valence-electron chi connectivity index (χ0n) is 5.06. The number of hydrogen-bond acceptors (Lipinski definition) is 1. The molecule has 0 bridgehead atoms. The van der Waals surface area contributed by atoms with Gasteiger partial charge in [-0.1, -0.05) is 5.92 Å². The molecule has 0 spiro atoms. The maximum atomic E-state index is 3.84. The summed E-state index contributed by atoms with van der Waals surface area (Å²) in [7, 11) is 0. The van der Waals surface area contributed by atoms with E-state index in [2.05, 4.69) is 19.2 Å². The van der Waals surface area contributed by atoms with Crippen LogP contribution >= 0.6 is 0 Å². The van der Waals surface area contributed by atoms with Gasteiger partial charge in [-0.3, -0.25) is 0 Å². The van der Waals surface area contributed by atoms with E-state index in [-0.39, 0.29) is 32.7 Å². The summed E-state index contributed by atoms with van der Waals surface area (Å²) >= 11 is 0. The monoisotopic (exact) mass is 186 g/mol. The molecular formula is C6H11NY-2. The Morgan fingerprint density at radius 2 is 2.25 bits per heavy atom. The van der Waals surface area contributed by atoms with Gasteiger partial charge in [0.2, 0.25) is 0 Å². The van der Waals surface area contributed by atoms with Gasteiger partial charge in [-0.2, -0.15) is 6.42 Å². The van der Waals surface area contributed by atoms with Crippen LogP contribution in [0.25, 0.3) is 0 Å². The molecule has 0 aromatic heterocycles. The van der Waals surface area contributed by atoms with Gasteiger partial charge in [-0.15, -0.1) is 6.04 Å². The van der Waals surface area contributed by atoms with Crippen LogP contribution in [0, 0.1) is 19.8 Å². The smallest absolute Gasteiger partial charge is 0 e. The molecule has 45 valence electrons. The molecule has 1 radical (unpaired) electrons. The first-order valence-corrected chi connectivity index (χ1v) is 2.70. The van der Waals surface area contributed by atoms with Gasteiger partial charge in [0.25, 0.3) is 0 Å². The predicted molar refractivity (Wildman–Crippen MR) is 30.6 cm³/mol. The normalized spacial score (nSPS) is 35.2. The van der Waals surface area contributed by atoms with Crippen molar-refractivity contribution in [3.63, 3.8) is 0 Å². The van der Waals surface area contributed by atoms with Crippen molar-refractivity contribution in [2.24, 2.45) is 5.92 Å². The molecule has 0 aromatic rings. The van der Waals surface area contributed by atoms with Crippen molar-refractivity contribution in [1.82, 2.24) is 5.32 Å². The first-order valence-electron chi connectivity index (χ1n) is 2.70. The Bertz CT molecular complexity index is 63.5. The molecule has 1 N–H and O–H groups in total. The van der Waals surface area contributed by atoms with Gasteiger partial charge in [-0.05, 0) is 6.54 Å². The maximum Gasteiger partial charge on any atom is 0 e. The second kappa shape index (κ2) is 3.97. The van der Waals surface area contributed by atoms with Crippen LogP contribution in [-0.2, 0) is 32.7 Å². The van der Waals surface area contributed by atoms with E-state index in [1.54, 1.807) is 0 Å². The molecule has 0 amide bonds. The van der Waals surface area contributed by atoms with Gasteiger partial charge in [0.15, 0.2) is 0 Å². The Hall–Kier alpha value is 1.06. The third-order valence-electron chi connectivity index (χ3n) is 1.58. The van der Waals surface area contributed by atoms with Crippen LogP contribution in [0.4, 0.5) is 0 Å². The molecule has 2 atom stereocenters. The van der Waals surface area contributed by atoms with Gasteiger partial charge >= 0.3 is 0 Å². The molecule has 2 heteroatoms. The predicted octanol–water partition coefficient (Wildman–Crippen LogP) is 0.630. The molecule has 1 nitrogen and oxygen atoms in total. The number of hydrogen-bond donors (Lipinski definition) is 1. The summed E-state index contributed by atoms with van der Waals surface area (Å²) in [6.45, 7) is 8.75. The molecule has 0 aromatic carbocycles. The fourth-order valence-electron chi connectivity index (χ4n) is 0.754. The molecule has 0 aliphatic carbocycles. The minimum Gasteiger partial charge on any atom is -0.343 e. The minimum absolute atomic E-state index is 0. The van der Waals surface area contributed by atoms with Crippen LogP contribution in [0.1, 0.15) is 6.42 Å². The second-order valence-corrected chi connectivity index (χ2v) is 2.06.